The number of nitrogens with zero attached hydrogens (tertiary/aromatic N) is 1. The fourth-order valence-corrected chi connectivity index (χ4v) is 2.34. The Bertz CT molecular complexity index is 307. The highest BCUT2D eigenvalue weighted by molar-refractivity contribution is 5.66. The molecule has 1 fully saturated rings. The summed E-state index contributed by atoms with van der Waals surface area (Å²) in [5, 5.41) is 8.75. The van der Waals surface area contributed by atoms with E-state index in [0.717, 1.165) is 0 Å². The average Bonchev–Trinajstić information content (AvgIpc) is 2.23. The van der Waals surface area contributed by atoms with Crippen LogP contribution in [-0.4, -0.2) is 40.5 Å². The zero-order valence-electron chi connectivity index (χ0n) is 9.76. The molecule has 0 atom stereocenters. The number of carboxylic acid groups (broad SMARTS) is 1. The molecule has 1 saturated carbocycles. The van der Waals surface area contributed by atoms with Crippen molar-refractivity contribution in [2.75, 3.05) is 0 Å². The van der Waals surface area contributed by atoms with Crippen LogP contribution in [0.2, 0.25) is 0 Å². The highest BCUT2D eigenvalue weighted by atomic mass is 19.4. The summed E-state index contributed by atoms with van der Waals surface area (Å²) >= 11 is 0. The summed E-state index contributed by atoms with van der Waals surface area (Å²) in [7, 11) is 0. The largest absolute Gasteiger partial charge is 0.465 e. The molecule has 0 aromatic carbocycles. The second-order valence-electron chi connectivity index (χ2n) is 4.47. The van der Waals surface area contributed by atoms with Crippen LogP contribution in [0.15, 0.2) is 0 Å². The van der Waals surface area contributed by atoms with Gasteiger partial charge in [0.2, 0.25) is 6.04 Å². The van der Waals surface area contributed by atoms with Crippen LogP contribution in [-0.2, 0) is 0 Å². The Labute approximate surface area is 105 Å². The van der Waals surface area contributed by atoms with Crippen LogP contribution in [0.5, 0.6) is 0 Å². The van der Waals surface area contributed by atoms with Gasteiger partial charge in [0.25, 0.3) is 0 Å². The van der Waals surface area contributed by atoms with Crippen LogP contribution >= 0.6 is 0 Å². The predicted molar refractivity (Wildman–Crippen MR) is 52.6 cm³/mol. The zero-order valence-corrected chi connectivity index (χ0v) is 9.76. The third-order valence-corrected chi connectivity index (χ3v) is 3.09. The lowest BCUT2D eigenvalue weighted by Gasteiger charge is -2.39. The minimum absolute atomic E-state index is 0.0228. The molecule has 0 saturated heterocycles. The van der Waals surface area contributed by atoms with Gasteiger partial charge in [-0.2, -0.15) is 26.3 Å². The molecule has 0 bridgehead atoms. The standard InChI is InChI=1S/C10H13F6NO2/c11-9(12,13)7(10(14,15)16)17(8(18)19)6-4-2-1-3-5-6/h6-7H,1-5H2,(H,18,19). The first kappa shape index (κ1) is 15.9. The van der Waals surface area contributed by atoms with Gasteiger partial charge in [0.15, 0.2) is 0 Å². The second-order valence-corrected chi connectivity index (χ2v) is 4.47. The van der Waals surface area contributed by atoms with Crippen molar-refractivity contribution < 1.29 is 36.2 Å². The molecular weight excluding hydrogens is 280 g/mol. The molecule has 19 heavy (non-hydrogen) atoms. The van der Waals surface area contributed by atoms with E-state index in [-0.39, 0.29) is 12.8 Å². The monoisotopic (exact) mass is 293 g/mol. The number of hydrogen-bond donors (Lipinski definition) is 1. The summed E-state index contributed by atoms with van der Waals surface area (Å²) in [5.41, 5.74) is 0. The smallest absolute Gasteiger partial charge is 0.417 e. The summed E-state index contributed by atoms with van der Waals surface area (Å²) in [6.45, 7) is 0. The van der Waals surface area contributed by atoms with E-state index < -0.39 is 35.4 Å². The Balaban J connectivity index is 3.09. The summed E-state index contributed by atoms with van der Waals surface area (Å²) in [5.74, 6) is 0. The first-order chi connectivity index (χ1) is 8.55. The molecular formula is C10H13F6NO2. The van der Waals surface area contributed by atoms with Gasteiger partial charge in [-0.05, 0) is 12.8 Å². The zero-order chi connectivity index (χ0) is 14.8. The van der Waals surface area contributed by atoms with Gasteiger partial charge in [-0.1, -0.05) is 19.3 Å². The van der Waals surface area contributed by atoms with Crippen molar-refractivity contribution in [3.63, 3.8) is 0 Å². The molecule has 1 aliphatic rings. The van der Waals surface area contributed by atoms with E-state index in [1.165, 1.54) is 0 Å². The van der Waals surface area contributed by atoms with Crippen LogP contribution in [0.1, 0.15) is 32.1 Å². The highest BCUT2D eigenvalue weighted by Crippen LogP contribution is 2.40. The topological polar surface area (TPSA) is 40.5 Å². The molecule has 0 aliphatic heterocycles. The number of carbonyl (C=O) groups is 1. The molecule has 0 spiro atoms. The van der Waals surface area contributed by atoms with Gasteiger partial charge in [0, 0.05) is 6.04 Å². The Hall–Kier alpha value is -1.15. The number of rotatable bonds is 2. The SMILES string of the molecule is O=C(O)N(C1CCCCC1)C(C(F)(F)F)C(F)(F)F. The Morgan fingerprint density at radius 3 is 1.74 bits per heavy atom. The van der Waals surface area contributed by atoms with Gasteiger partial charge in [0.05, 0.1) is 0 Å². The van der Waals surface area contributed by atoms with Crippen LogP contribution < -0.4 is 0 Å². The second kappa shape index (κ2) is 5.46. The fraction of sp³-hybridized carbons (Fsp3) is 0.900. The minimum atomic E-state index is -5.67. The maximum atomic E-state index is 12.6. The van der Waals surface area contributed by atoms with Gasteiger partial charge in [-0.25, -0.2) is 4.79 Å². The summed E-state index contributed by atoms with van der Waals surface area (Å²) < 4.78 is 75.3. The molecule has 1 rings (SSSR count). The highest BCUT2D eigenvalue weighted by Gasteiger charge is 2.62. The normalized spacial score (nSPS) is 18.7. The van der Waals surface area contributed by atoms with Crippen molar-refractivity contribution in [3.8, 4) is 0 Å². The van der Waals surface area contributed by atoms with E-state index in [1.807, 2.05) is 0 Å². The van der Waals surface area contributed by atoms with Gasteiger partial charge < -0.3 is 5.11 Å². The molecule has 1 N–H and O–H groups in total. The molecule has 112 valence electrons. The Morgan fingerprint density at radius 2 is 1.42 bits per heavy atom. The first-order valence-electron chi connectivity index (χ1n) is 5.70. The molecule has 0 unspecified atom stereocenters. The number of halogens is 6. The fourth-order valence-electron chi connectivity index (χ4n) is 2.34. The minimum Gasteiger partial charge on any atom is -0.465 e. The third kappa shape index (κ3) is 3.90. The summed E-state index contributed by atoms with van der Waals surface area (Å²) in [6, 6.07) is -5.19. The van der Waals surface area contributed by atoms with Gasteiger partial charge in [-0.15, -0.1) is 0 Å². The van der Waals surface area contributed by atoms with E-state index in [0.29, 0.717) is 19.3 Å². The van der Waals surface area contributed by atoms with E-state index in [1.54, 1.807) is 0 Å². The molecule has 9 heteroatoms. The number of amides is 1. The first-order valence-corrected chi connectivity index (χ1v) is 5.70. The van der Waals surface area contributed by atoms with E-state index in [9.17, 15) is 31.1 Å². The molecule has 3 nitrogen and oxygen atoms in total. The van der Waals surface area contributed by atoms with Crippen LogP contribution in [0.3, 0.4) is 0 Å². The molecule has 0 radical (unpaired) electrons. The van der Waals surface area contributed by atoms with Crippen molar-refractivity contribution >= 4 is 6.09 Å². The predicted octanol–water partition coefficient (Wildman–Crippen LogP) is 3.79. The van der Waals surface area contributed by atoms with Crippen LogP contribution in [0.4, 0.5) is 31.1 Å². The van der Waals surface area contributed by atoms with Gasteiger partial charge >= 0.3 is 18.4 Å². The van der Waals surface area contributed by atoms with Crippen LogP contribution in [0.25, 0.3) is 0 Å². The maximum absolute atomic E-state index is 12.6. The molecule has 0 aromatic heterocycles. The van der Waals surface area contributed by atoms with Gasteiger partial charge in [-0.3, -0.25) is 4.90 Å². The summed E-state index contributed by atoms with van der Waals surface area (Å²) in [4.78, 5) is 10.4. The van der Waals surface area contributed by atoms with Crippen molar-refractivity contribution in [1.29, 1.82) is 0 Å². The van der Waals surface area contributed by atoms with Crippen molar-refractivity contribution in [3.05, 3.63) is 0 Å². The number of hydrogen-bond acceptors (Lipinski definition) is 1. The molecule has 1 amide bonds. The lowest BCUT2D eigenvalue weighted by Crippen LogP contribution is -2.60. The lowest BCUT2D eigenvalue weighted by atomic mass is 9.93. The quantitative estimate of drug-likeness (QED) is 0.787. The van der Waals surface area contributed by atoms with Gasteiger partial charge in [0.1, 0.15) is 0 Å². The number of alkyl halides is 6. The summed E-state index contributed by atoms with van der Waals surface area (Å²) in [6.07, 6.45) is -11.9. The lowest BCUT2D eigenvalue weighted by molar-refractivity contribution is -0.286. The Kier molecular flexibility index (Phi) is 4.57. The molecule has 0 heterocycles. The molecule has 1 aliphatic carbocycles. The van der Waals surface area contributed by atoms with Crippen molar-refractivity contribution in [2.45, 2.75) is 56.5 Å². The van der Waals surface area contributed by atoms with E-state index >= 15 is 0 Å². The maximum Gasteiger partial charge on any atom is 0.417 e. The van der Waals surface area contributed by atoms with Crippen molar-refractivity contribution in [1.82, 2.24) is 4.90 Å². The average molecular weight is 293 g/mol. The van der Waals surface area contributed by atoms with E-state index in [4.69, 9.17) is 5.11 Å². The molecule has 0 aromatic rings. The Morgan fingerprint density at radius 1 is 1.00 bits per heavy atom. The van der Waals surface area contributed by atoms with Crippen molar-refractivity contribution in [2.24, 2.45) is 0 Å². The third-order valence-electron chi connectivity index (χ3n) is 3.09. The van der Waals surface area contributed by atoms with E-state index in [2.05, 4.69) is 0 Å². The van der Waals surface area contributed by atoms with Crippen LogP contribution in [0, 0.1) is 0 Å².